The lowest BCUT2D eigenvalue weighted by molar-refractivity contribution is -0.130. The Labute approximate surface area is 133 Å². The first-order valence-corrected chi connectivity index (χ1v) is 8.62. The summed E-state index contributed by atoms with van der Waals surface area (Å²) >= 11 is 1.54. The fourth-order valence-electron chi connectivity index (χ4n) is 2.60. The Hall–Kier alpha value is -1.57. The van der Waals surface area contributed by atoms with Gasteiger partial charge in [0.25, 0.3) is 5.91 Å². The molecule has 1 aromatic heterocycles. The fraction of sp³-hybridized carbons (Fsp3) is 0.714. The number of hydrogen-bond acceptors (Lipinski definition) is 5. The van der Waals surface area contributed by atoms with Crippen LogP contribution in [-0.4, -0.2) is 49.4 Å². The Morgan fingerprint density at radius 3 is 2.59 bits per heavy atom. The maximum atomic E-state index is 12.1. The van der Waals surface area contributed by atoms with Crippen LogP contribution in [0.15, 0.2) is 5.16 Å². The highest BCUT2D eigenvalue weighted by atomic mass is 32.2. The van der Waals surface area contributed by atoms with Gasteiger partial charge in [-0.15, -0.1) is 10.2 Å². The topological polar surface area (TPSA) is 80.1 Å². The number of aromatic nitrogens is 3. The second-order valence-electron chi connectivity index (χ2n) is 6.22. The monoisotopic (exact) mass is 323 g/mol. The average molecular weight is 323 g/mol. The molecule has 0 atom stereocenters. The summed E-state index contributed by atoms with van der Waals surface area (Å²) in [6.07, 6.45) is 2.39. The van der Waals surface area contributed by atoms with Crippen LogP contribution >= 0.6 is 11.8 Å². The summed E-state index contributed by atoms with van der Waals surface area (Å²) in [7, 11) is 0. The SMILES string of the molecule is CCn1c(SCCN2C(=O)NC(C)(C)C2=O)nnc1C1CC1. The minimum absolute atomic E-state index is 0.172. The largest absolute Gasteiger partial charge is 0.325 e. The molecule has 1 N–H and O–H groups in total. The summed E-state index contributed by atoms with van der Waals surface area (Å²) in [5, 5.41) is 12.1. The number of urea groups is 1. The van der Waals surface area contributed by atoms with Gasteiger partial charge in [0.15, 0.2) is 5.16 Å². The Balaban J connectivity index is 1.60. The first kappa shape index (κ1) is 15.3. The molecule has 1 saturated carbocycles. The molecule has 120 valence electrons. The average Bonchev–Trinajstić information content (AvgIpc) is 3.19. The molecule has 2 fully saturated rings. The van der Waals surface area contributed by atoms with E-state index < -0.39 is 5.54 Å². The van der Waals surface area contributed by atoms with Gasteiger partial charge in [0, 0.05) is 24.8 Å². The van der Waals surface area contributed by atoms with Crippen LogP contribution in [0.4, 0.5) is 4.79 Å². The molecular formula is C14H21N5O2S. The van der Waals surface area contributed by atoms with Crippen LogP contribution in [-0.2, 0) is 11.3 Å². The Morgan fingerprint density at radius 2 is 2.05 bits per heavy atom. The van der Waals surface area contributed by atoms with Crippen molar-refractivity contribution in [1.82, 2.24) is 25.0 Å². The summed E-state index contributed by atoms with van der Waals surface area (Å²) in [5.74, 6) is 2.08. The minimum atomic E-state index is -0.801. The van der Waals surface area contributed by atoms with Gasteiger partial charge in [-0.3, -0.25) is 9.69 Å². The van der Waals surface area contributed by atoms with Crippen molar-refractivity contribution in [2.45, 2.75) is 56.8 Å². The van der Waals surface area contributed by atoms with E-state index in [0.29, 0.717) is 18.2 Å². The lowest BCUT2D eigenvalue weighted by Crippen LogP contribution is -2.40. The minimum Gasteiger partial charge on any atom is -0.324 e. The van der Waals surface area contributed by atoms with E-state index in [9.17, 15) is 9.59 Å². The van der Waals surface area contributed by atoms with Crippen molar-refractivity contribution in [3.63, 3.8) is 0 Å². The standard InChI is InChI=1S/C14H21N5O2S/c1-4-18-10(9-5-6-9)16-17-13(18)22-8-7-19-11(20)14(2,3)15-12(19)21/h9H,4-8H2,1-3H3,(H,15,21). The van der Waals surface area contributed by atoms with Crippen LogP contribution in [0.3, 0.4) is 0 Å². The highest BCUT2D eigenvalue weighted by Gasteiger charge is 2.43. The molecule has 1 saturated heterocycles. The van der Waals surface area contributed by atoms with E-state index in [4.69, 9.17) is 0 Å². The number of thioether (sulfide) groups is 1. The Kier molecular flexibility index (Phi) is 3.88. The van der Waals surface area contributed by atoms with Crippen LogP contribution in [0.25, 0.3) is 0 Å². The molecule has 0 unspecified atom stereocenters. The zero-order chi connectivity index (χ0) is 15.9. The van der Waals surface area contributed by atoms with Crippen LogP contribution in [0.1, 0.15) is 45.4 Å². The normalized spacial score (nSPS) is 20.6. The predicted octanol–water partition coefficient (Wildman–Crippen LogP) is 1.60. The molecule has 1 aliphatic carbocycles. The highest BCUT2D eigenvalue weighted by Crippen LogP contribution is 2.39. The number of amides is 3. The number of nitrogens with one attached hydrogen (secondary N) is 1. The van der Waals surface area contributed by atoms with Gasteiger partial charge in [-0.05, 0) is 33.6 Å². The summed E-state index contributed by atoms with van der Waals surface area (Å²) < 4.78 is 2.14. The van der Waals surface area contributed by atoms with Crippen molar-refractivity contribution in [2.75, 3.05) is 12.3 Å². The van der Waals surface area contributed by atoms with Gasteiger partial charge in [-0.2, -0.15) is 0 Å². The molecule has 22 heavy (non-hydrogen) atoms. The first-order valence-electron chi connectivity index (χ1n) is 7.64. The highest BCUT2D eigenvalue weighted by molar-refractivity contribution is 7.99. The third kappa shape index (κ3) is 2.71. The van der Waals surface area contributed by atoms with Crippen molar-refractivity contribution in [2.24, 2.45) is 0 Å². The van der Waals surface area contributed by atoms with Crippen molar-refractivity contribution in [1.29, 1.82) is 0 Å². The molecular weight excluding hydrogens is 302 g/mol. The predicted molar refractivity (Wildman–Crippen MR) is 82.7 cm³/mol. The summed E-state index contributed by atoms with van der Waals surface area (Å²) in [6.45, 7) is 6.75. The van der Waals surface area contributed by atoms with Crippen molar-refractivity contribution in [3.05, 3.63) is 5.82 Å². The Bertz CT molecular complexity index is 608. The number of carbonyl (C=O) groups excluding carboxylic acids is 2. The molecule has 1 aliphatic heterocycles. The smallest absolute Gasteiger partial charge is 0.324 e. The number of rotatable bonds is 6. The quantitative estimate of drug-likeness (QED) is 0.635. The number of imide groups is 1. The van der Waals surface area contributed by atoms with E-state index in [1.54, 1.807) is 25.6 Å². The van der Waals surface area contributed by atoms with Gasteiger partial charge >= 0.3 is 6.03 Å². The summed E-state index contributed by atoms with van der Waals surface area (Å²) in [4.78, 5) is 25.2. The van der Waals surface area contributed by atoms with Gasteiger partial charge < -0.3 is 9.88 Å². The van der Waals surface area contributed by atoms with E-state index in [1.807, 2.05) is 0 Å². The van der Waals surface area contributed by atoms with E-state index >= 15 is 0 Å². The molecule has 0 spiro atoms. The van der Waals surface area contributed by atoms with Gasteiger partial charge in [-0.1, -0.05) is 11.8 Å². The van der Waals surface area contributed by atoms with Crippen molar-refractivity contribution in [3.8, 4) is 0 Å². The van der Waals surface area contributed by atoms with Crippen LogP contribution in [0.2, 0.25) is 0 Å². The molecule has 3 amide bonds. The van der Waals surface area contributed by atoms with Gasteiger partial charge in [0.1, 0.15) is 11.4 Å². The maximum Gasteiger partial charge on any atom is 0.325 e. The molecule has 2 aliphatic rings. The Morgan fingerprint density at radius 1 is 1.32 bits per heavy atom. The molecule has 2 heterocycles. The van der Waals surface area contributed by atoms with Gasteiger partial charge in [0.2, 0.25) is 0 Å². The maximum absolute atomic E-state index is 12.1. The van der Waals surface area contributed by atoms with Crippen LogP contribution in [0, 0.1) is 0 Å². The van der Waals surface area contributed by atoms with E-state index in [-0.39, 0.29) is 11.9 Å². The van der Waals surface area contributed by atoms with E-state index in [0.717, 1.165) is 17.5 Å². The van der Waals surface area contributed by atoms with E-state index in [2.05, 4.69) is 27.0 Å². The molecule has 0 aromatic carbocycles. The van der Waals surface area contributed by atoms with Crippen molar-refractivity contribution >= 4 is 23.7 Å². The second kappa shape index (κ2) is 5.57. The van der Waals surface area contributed by atoms with Gasteiger partial charge in [0.05, 0.1) is 0 Å². The zero-order valence-electron chi connectivity index (χ0n) is 13.1. The molecule has 0 radical (unpaired) electrons. The number of nitrogens with zero attached hydrogens (tertiary/aromatic N) is 4. The fourth-order valence-corrected chi connectivity index (χ4v) is 3.53. The number of carbonyl (C=O) groups is 2. The molecule has 1 aromatic rings. The summed E-state index contributed by atoms with van der Waals surface area (Å²) in [6, 6.07) is -0.314. The molecule has 8 heteroatoms. The van der Waals surface area contributed by atoms with Gasteiger partial charge in [-0.25, -0.2) is 4.79 Å². The number of hydrogen-bond donors (Lipinski definition) is 1. The molecule has 3 rings (SSSR count). The zero-order valence-corrected chi connectivity index (χ0v) is 13.9. The lowest BCUT2D eigenvalue weighted by atomic mass is 10.1. The van der Waals surface area contributed by atoms with Crippen LogP contribution < -0.4 is 5.32 Å². The molecule has 7 nitrogen and oxygen atoms in total. The summed E-state index contributed by atoms with van der Waals surface area (Å²) in [5.41, 5.74) is -0.801. The second-order valence-corrected chi connectivity index (χ2v) is 7.28. The van der Waals surface area contributed by atoms with Crippen LogP contribution in [0.5, 0.6) is 0 Å². The van der Waals surface area contributed by atoms with Crippen molar-refractivity contribution < 1.29 is 9.59 Å². The third-order valence-electron chi connectivity index (χ3n) is 3.99. The lowest BCUT2D eigenvalue weighted by Gasteiger charge is -2.15. The first-order chi connectivity index (χ1) is 10.4. The van der Waals surface area contributed by atoms with E-state index in [1.165, 1.54) is 17.7 Å². The molecule has 0 bridgehead atoms. The third-order valence-corrected chi connectivity index (χ3v) is 4.94.